The van der Waals surface area contributed by atoms with Crippen molar-refractivity contribution in [2.45, 2.75) is 25.7 Å². The average molecular weight is 496 g/mol. The van der Waals surface area contributed by atoms with Gasteiger partial charge in [-0.3, -0.25) is 4.68 Å². The number of hydrogen-bond donors (Lipinski definition) is 1. The summed E-state index contributed by atoms with van der Waals surface area (Å²) in [6.07, 6.45) is 9.51. The van der Waals surface area contributed by atoms with Crippen LogP contribution in [0.5, 0.6) is 5.75 Å². The standard InChI is InChI=1S/C24H27F2N9O/c1-33-15-17(14-29-33)16-12-18(23(27)28-13-16)24-30-31-32-35(24)19-6-7-20(22(26)21(19)25)36-11-5-10-34-8-3-2-4-9-34/h6-7,12-15H,2-5,8-11H2,1H3,(H2,27,28). The lowest BCUT2D eigenvalue weighted by Gasteiger charge is -2.26. The highest BCUT2D eigenvalue weighted by Crippen LogP contribution is 2.31. The smallest absolute Gasteiger partial charge is 0.202 e. The maximum Gasteiger partial charge on any atom is 0.202 e. The van der Waals surface area contributed by atoms with Crippen molar-refractivity contribution in [1.29, 1.82) is 0 Å². The Kier molecular flexibility index (Phi) is 6.85. The molecule has 36 heavy (non-hydrogen) atoms. The molecule has 0 unspecified atom stereocenters. The lowest BCUT2D eigenvalue weighted by molar-refractivity contribution is 0.202. The van der Waals surface area contributed by atoms with E-state index < -0.39 is 11.6 Å². The number of anilines is 1. The number of aryl methyl sites for hydroxylation is 1. The lowest BCUT2D eigenvalue weighted by atomic mass is 10.1. The Morgan fingerprint density at radius 1 is 1.06 bits per heavy atom. The van der Waals surface area contributed by atoms with Crippen molar-refractivity contribution >= 4 is 5.82 Å². The number of tetrazole rings is 1. The van der Waals surface area contributed by atoms with Gasteiger partial charge >= 0.3 is 0 Å². The molecule has 1 aliphatic rings. The van der Waals surface area contributed by atoms with Crippen molar-refractivity contribution in [3.63, 3.8) is 0 Å². The number of likely N-dealkylation sites (tertiary alicyclic amines) is 1. The van der Waals surface area contributed by atoms with E-state index >= 15 is 4.39 Å². The molecule has 0 radical (unpaired) electrons. The molecule has 0 amide bonds. The topological polar surface area (TPSA) is 113 Å². The van der Waals surface area contributed by atoms with Crippen molar-refractivity contribution in [3.05, 3.63) is 48.4 Å². The molecule has 3 aromatic heterocycles. The van der Waals surface area contributed by atoms with Crippen LogP contribution >= 0.6 is 0 Å². The summed E-state index contributed by atoms with van der Waals surface area (Å²) in [6.45, 7) is 3.34. The molecule has 0 saturated carbocycles. The van der Waals surface area contributed by atoms with E-state index in [2.05, 4.69) is 30.5 Å². The van der Waals surface area contributed by atoms with Crippen LogP contribution in [0.3, 0.4) is 0 Å². The fraction of sp³-hybridized carbons (Fsp3) is 0.375. The molecule has 5 rings (SSSR count). The van der Waals surface area contributed by atoms with E-state index in [1.807, 2.05) is 6.20 Å². The van der Waals surface area contributed by atoms with Crippen LogP contribution in [0.2, 0.25) is 0 Å². The quantitative estimate of drug-likeness (QED) is 0.371. The van der Waals surface area contributed by atoms with Gasteiger partial charge in [0.15, 0.2) is 17.4 Å². The van der Waals surface area contributed by atoms with Crippen molar-refractivity contribution in [2.75, 3.05) is 32.0 Å². The zero-order chi connectivity index (χ0) is 25.1. The van der Waals surface area contributed by atoms with Gasteiger partial charge in [0.1, 0.15) is 11.5 Å². The van der Waals surface area contributed by atoms with Gasteiger partial charge in [0.25, 0.3) is 0 Å². The number of halogens is 2. The predicted octanol–water partition coefficient (Wildman–Crippen LogP) is 3.24. The molecule has 0 spiro atoms. The summed E-state index contributed by atoms with van der Waals surface area (Å²) in [4.78, 5) is 6.60. The number of rotatable bonds is 8. The van der Waals surface area contributed by atoms with Crippen LogP contribution in [0.25, 0.3) is 28.2 Å². The molecule has 1 aliphatic heterocycles. The van der Waals surface area contributed by atoms with Gasteiger partial charge in [0.2, 0.25) is 5.82 Å². The fourth-order valence-corrected chi connectivity index (χ4v) is 4.35. The Morgan fingerprint density at radius 2 is 1.89 bits per heavy atom. The third-order valence-corrected chi connectivity index (χ3v) is 6.25. The minimum atomic E-state index is -1.12. The van der Waals surface area contributed by atoms with E-state index in [4.69, 9.17) is 10.5 Å². The zero-order valence-electron chi connectivity index (χ0n) is 19.9. The number of ether oxygens (including phenoxy) is 1. The number of benzene rings is 1. The van der Waals surface area contributed by atoms with Gasteiger partial charge in [-0.1, -0.05) is 6.42 Å². The third kappa shape index (κ3) is 4.89. The SMILES string of the molecule is Cn1cc(-c2cnc(N)c(-c3nnnn3-c3ccc(OCCCN4CCCCC4)c(F)c3F)c2)cn1. The third-order valence-electron chi connectivity index (χ3n) is 6.25. The summed E-state index contributed by atoms with van der Waals surface area (Å²) in [6, 6.07) is 4.50. The van der Waals surface area contributed by atoms with Crippen molar-refractivity contribution in [2.24, 2.45) is 7.05 Å². The maximum absolute atomic E-state index is 15.1. The fourth-order valence-electron chi connectivity index (χ4n) is 4.35. The largest absolute Gasteiger partial charge is 0.490 e. The Labute approximate surface area is 206 Å². The molecule has 12 heteroatoms. The molecule has 0 atom stereocenters. The molecule has 4 heterocycles. The second-order valence-electron chi connectivity index (χ2n) is 8.79. The number of hydrogen-bond acceptors (Lipinski definition) is 8. The summed E-state index contributed by atoms with van der Waals surface area (Å²) in [7, 11) is 1.80. The molecule has 1 saturated heterocycles. The molecule has 1 fully saturated rings. The van der Waals surface area contributed by atoms with Crippen LogP contribution in [0.4, 0.5) is 14.6 Å². The van der Waals surface area contributed by atoms with Gasteiger partial charge in [-0.2, -0.15) is 14.2 Å². The van der Waals surface area contributed by atoms with Crippen molar-refractivity contribution < 1.29 is 13.5 Å². The number of piperidine rings is 1. The summed E-state index contributed by atoms with van der Waals surface area (Å²) >= 11 is 0. The molecule has 4 aromatic rings. The molecule has 0 bridgehead atoms. The van der Waals surface area contributed by atoms with Gasteiger partial charge < -0.3 is 15.4 Å². The molecular weight excluding hydrogens is 468 g/mol. The Bertz CT molecular complexity index is 1350. The number of pyridine rings is 1. The Morgan fingerprint density at radius 3 is 2.67 bits per heavy atom. The van der Waals surface area contributed by atoms with Crippen LogP contribution in [-0.4, -0.2) is 66.1 Å². The number of nitrogen functional groups attached to an aromatic ring is 1. The summed E-state index contributed by atoms with van der Waals surface area (Å²) in [5.41, 5.74) is 7.83. The molecule has 1 aromatic carbocycles. The summed E-state index contributed by atoms with van der Waals surface area (Å²) in [5.74, 6) is -2.09. The van der Waals surface area contributed by atoms with Gasteiger partial charge in [0.05, 0.1) is 18.4 Å². The first-order valence-electron chi connectivity index (χ1n) is 11.9. The van der Waals surface area contributed by atoms with Gasteiger partial charge in [-0.15, -0.1) is 5.10 Å². The first-order chi connectivity index (χ1) is 17.5. The van der Waals surface area contributed by atoms with E-state index in [0.717, 1.165) is 41.9 Å². The van der Waals surface area contributed by atoms with Crippen LogP contribution in [0, 0.1) is 11.6 Å². The summed E-state index contributed by atoms with van der Waals surface area (Å²) < 4.78 is 38.3. The first-order valence-corrected chi connectivity index (χ1v) is 11.9. The van der Waals surface area contributed by atoms with E-state index in [-0.39, 0.29) is 23.1 Å². The Balaban J connectivity index is 1.36. The lowest BCUT2D eigenvalue weighted by Crippen LogP contribution is -2.31. The second-order valence-corrected chi connectivity index (χ2v) is 8.79. The van der Waals surface area contributed by atoms with Crippen LogP contribution in [-0.2, 0) is 7.05 Å². The second kappa shape index (κ2) is 10.4. The molecule has 0 aliphatic carbocycles. The van der Waals surface area contributed by atoms with E-state index in [9.17, 15) is 4.39 Å². The van der Waals surface area contributed by atoms with Crippen LogP contribution in [0.1, 0.15) is 25.7 Å². The number of nitrogens with zero attached hydrogens (tertiary/aromatic N) is 8. The molecule has 10 nitrogen and oxygen atoms in total. The maximum atomic E-state index is 15.1. The van der Waals surface area contributed by atoms with Crippen LogP contribution in [0.15, 0.2) is 36.8 Å². The van der Waals surface area contributed by atoms with E-state index in [0.29, 0.717) is 12.2 Å². The van der Waals surface area contributed by atoms with Gasteiger partial charge in [-0.05, 0) is 61.0 Å². The minimum absolute atomic E-state index is 0.124. The zero-order valence-corrected chi connectivity index (χ0v) is 19.9. The van der Waals surface area contributed by atoms with Gasteiger partial charge in [-0.25, -0.2) is 9.37 Å². The van der Waals surface area contributed by atoms with E-state index in [1.165, 1.54) is 31.4 Å². The highest BCUT2D eigenvalue weighted by Gasteiger charge is 2.22. The first kappa shape index (κ1) is 23.8. The Hall–Kier alpha value is -3.93. The minimum Gasteiger partial charge on any atom is -0.490 e. The summed E-state index contributed by atoms with van der Waals surface area (Å²) in [5, 5.41) is 15.7. The monoisotopic (exact) mass is 495 g/mol. The van der Waals surface area contributed by atoms with Crippen LogP contribution < -0.4 is 10.5 Å². The normalized spacial score (nSPS) is 14.3. The predicted molar refractivity (Wildman–Crippen MR) is 129 cm³/mol. The van der Waals surface area contributed by atoms with Gasteiger partial charge in [0, 0.05) is 37.1 Å². The van der Waals surface area contributed by atoms with Crippen molar-refractivity contribution in [3.8, 4) is 34.0 Å². The molecule has 2 N–H and O–H groups in total. The molecular formula is C24H27F2N9O. The number of aromatic nitrogens is 7. The average Bonchev–Trinajstić information content (AvgIpc) is 3.55. The highest BCUT2D eigenvalue weighted by atomic mass is 19.2. The van der Waals surface area contributed by atoms with E-state index in [1.54, 1.807) is 30.2 Å². The highest BCUT2D eigenvalue weighted by molar-refractivity contribution is 5.76. The molecule has 188 valence electrons. The van der Waals surface area contributed by atoms with Crippen molar-refractivity contribution in [1.82, 2.24) is 39.9 Å². The number of nitrogens with two attached hydrogens (primary N) is 1.